The highest BCUT2D eigenvalue weighted by atomic mass is 79.9. The lowest BCUT2D eigenvalue weighted by Crippen LogP contribution is -2.11. The van der Waals surface area contributed by atoms with Crippen LogP contribution in [0, 0.1) is 0 Å². The van der Waals surface area contributed by atoms with Gasteiger partial charge >= 0.3 is 0 Å². The van der Waals surface area contributed by atoms with Gasteiger partial charge in [0.1, 0.15) is 18.5 Å². The highest BCUT2D eigenvalue weighted by molar-refractivity contribution is 9.10. The van der Waals surface area contributed by atoms with E-state index in [2.05, 4.69) is 36.7 Å². The Morgan fingerprint density at radius 1 is 1.21 bits per heavy atom. The average molecular weight is 389 g/mol. The zero-order valence-electron chi connectivity index (χ0n) is 14.1. The molecule has 1 heterocycles. The van der Waals surface area contributed by atoms with Crippen LogP contribution in [0.1, 0.15) is 42.3 Å². The maximum Gasteiger partial charge on any atom is 0.194 e. The van der Waals surface area contributed by atoms with Crippen LogP contribution in [0.2, 0.25) is 0 Å². The van der Waals surface area contributed by atoms with E-state index in [1.54, 1.807) is 0 Å². The van der Waals surface area contributed by atoms with Gasteiger partial charge in [-0.1, -0.05) is 51.1 Å². The van der Waals surface area contributed by atoms with Crippen molar-refractivity contribution in [3.05, 3.63) is 63.6 Å². The summed E-state index contributed by atoms with van der Waals surface area (Å²) in [7, 11) is 0. The number of epoxide rings is 1. The van der Waals surface area contributed by atoms with Gasteiger partial charge in [-0.05, 0) is 39.0 Å². The third-order valence-electron chi connectivity index (χ3n) is 4.05. The number of halogens is 1. The molecule has 4 heteroatoms. The summed E-state index contributed by atoms with van der Waals surface area (Å²) in [6, 6.07) is 13.3. The third-order valence-corrected chi connectivity index (χ3v) is 4.87. The van der Waals surface area contributed by atoms with Crippen molar-refractivity contribution in [2.45, 2.75) is 32.3 Å². The van der Waals surface area contributed by atoms with Crippen LogP contribution in [0.4, 0.5) is 0 Å². The van der Waals surface area contributed by atoms with Crippen molar-refractivity contribution >= 4 is 21.7 Å². The molecule has 3 rings (SSSR count). The van der Waals surface area contributed by atoms with Gasteiger partial charge in [0.25, 0.3) is 0 Å². The standard InChI is InChI=1S/C20H21BrO3/c1-20(2,3)14-9-7-13(8-10-14)19(22)16-5-4-6-17(18(16)21)24-12-15-11-23-15/h4-10,15H,11-12H2,1-3H3. The van der Waals surface area contributed by atoms with E-state index in [1.165, 1.54) is 5.56 Å². The van der Waals surface area contributed by atoms with Crippen molar-refractivity contribution in [1.82, 2.24) is 0 Å². The Hall–Kier alpha value is -1.65. The van der Waals surface area contributed by atoms with Crippen LogP contribution < -0.4 is 4.74 Å². The largest absolute Gasteiger partial charge is 0.490 e. The molecule has 1 saturated heterocycles. The first-order valence-electron chi connectivity index (χ1n) is 8.04. The van der Waals surface area contributed by atoms with Crippen molar-refractivity contribution in [1.29, 1.82) is 0 Å². The summed E-state index contributed by atoms with van der Waals surface area (Å²) in [4.78, 5) is 12.8. The van der Waals surface area contributed by atoms with E-state index in [4.69, 9.17) is 9.47 Å². The zero-order chi connectivity index (χ0) is 17.3. The van der Waals surface area contributed by atoms with Crippen molar-refractivity contribution < 1.29 is 14.3 Å². The molecule has 1 aliphatic rings. The van der Waals surface area contributed by atoms with Crippen LogP contribution in [0.25, 0.3) is 0 Å². The van der Waals surface area contributed by atoms with Gasteiger partial charge in [-0.25, -0.2) is 0 Å². The van der Waals surface area contributed by atoms with Crippen LogP contribution in [0.15, 0.2) is 46.9 Å². The van der Waals surface area contributed by atoms with Gasteiger partial charge in [-0.2, -0.15) is 0 Å². The first-order valence-corrected chi connectivity index (χ1v) is 8.84. The molecule has 0 amide bonds. The molecule has 24 heavy (non-hydrogen) atoms. The number of ketones is 1. The van der Waals surface area contributed by atoms with Crippen LogP contribution in [-0.4, -0.2) is 25.1 Å². The molecule has 0 saturated carbocycles. The first kappa shape index (κ1) is 17.2. The number of benzene rings is 2. The molecule has 1 aliphatic heterocycles. The lowest BCUT2D eigenvalue weighted by atomic mass is 9.86. The number of hydrogen-bond donors (Lipinski definition) is 0. The summed E-state index contributed by atoms with van der Waals surface area (Å²) in [6.45, 7) is 7.73. The van der Waals surface area contributed by atoms with Crippen LogP contribution in [0.5, 0.6) is 5.75 Å². The highest BCUT2D eigenvalue weighted by Crippen LogP contribution is 2.31. The summed E-state index contributed by atoms with van der Waals surface area (Å²) in [5, 5.41) is 0. The minimum Gasteiger partial charge on any atom is -0.490 e. The molecule has 2 aromatic carbocycles. The molecule has 2 aromatic rings. The summed E-state index contributed by atoms with van der Waals surface area (Å²) in [5.74, 6) is 0.651. The fourth-order valence-electron chi connectivity index (χ4n) is 2.42. The molecular weight excluding hydrogens is 368 g/mol. The Balaban J connectivity index is 1.82. The minimum absolute atomic E-state index is 0.0181. The van der Waals surface area contributed by atoms with E-state index in [1.807, 2.05) is 42.5 Å². The smallest absolute Gasteiger partial charge is 0.194 e. The second-order valence-corrected chi connectivity index (χ2v) is 7.83. The van der Waals surface area contributed by atoms with E-state index in [9.17, 15) is 4.79 Å². The molecule has 1 unspecified atom stereocenters. The van der Waals surface area contributed by atoms with E-state index in [0.717, 1.165) is 6.61 Å². The lowest BCUT2D eigenvalue weighted by molar-refractivity contribution is 0.103. The van der Waals surface area contributed by atoms with E-state index >= 15 is 0 Å². The summed E-state index contributed by atoms with van der Waals surface area (Å²) < 4.78 is 11.6. The number of carbonyl (C=O) groups excluding carboxylic acids is 1. The Bertz CT molecular complexity index is 740. The molecular formula is C20H21BrO3. The monoisotopic (exact) mass is 388 g/mol. The van der Waals surface area contributed by atoms with E-state index in [0.29, 0.717) is 28.0 Å². The average Bonchev–Trinajstić information content (AvgIpc) is 3.37. The fourth-order valence-corrected chi connectivity index (χ4v) is 2.98. The molecule has 0 bridgehead atoms. The van der Waals surface area contributed by atoms with Crippen LogP contribution >= 0.6 is 15.9 Å². The number of hydrogen-bond acceptors (Lipinski definition) is 3. The van der Waals surface area contributed by atoms with Crippen molar-refractivity contribution in [2.24, 2.45) is 0 Å². The molecule has 0 radical (unpaired) electrons. The summed E-state index contributed by atoms with van der Waals surface area (Å²) >= 11 is 3.51. The number of rotatable bonds is 5. The van der Waals surface area contributed by atoms with E-state index in [-0.39, 0.29) is 17.3 Å². The topological polar surface area (TPSA) is 38.8 Å². The van der Waals surface area contributed by atoms with Crippen LogP contribution in [-0.2, 0) is 10.2 Å². The quantitative estimate of drug-likeness (QED) is 0.547. The SMILES string of the molecule is CC(C)(C)c1ccc(C(=O)c2cccc(OCC3CO3)c2Br)cc1. The lowest BCUT2D eigenvalue weighted by Gasteiger charge is -2.19. The van der Waals surface area contributed by atoms with Gasteiger partial charge in [0.05, 0.1) is 11.1 Å². The maximum absolute atomic E-state index is 12.8. The summed E-state index contributed by atoms with van der Waals surface area (Å²) in [6.07, 6.45) is 0.182. The Morgan fingerprint density at radius 2 is 1.88 bits per heavy atom. The molecule has 126 valence electrons. The van der Waals surface area contributed by atoms with Crippen molar-refractivity contribution in [3.8, 4) is 5.75 Å². The first-order chi connectivity index (χ1) is 11.4. The normalized spacial score (nSPS) is 16.8. The third kappa shape index (κ3) is 3.87. The van der Waals surface area contributed by atoms with Gasteiger partial charge in [0, 0.05) is 11.1 Å². The Labute approximate surface area is 151 Å². The van der Waals surface area contributed by atoms with Gasteiger partial charge in [0.2, 0.25) is 0 Å². The second kappa shape index (κ2) is 6.69. The Morgan fingerprint density at radius 3 is 2.46 bits per heavy atom. The van der Waals surface area contributed by atoms with Crippen LogP contribution in [0.3, 0.4) is 0 Å². The predicted molar refractivity (Wildman–Crippen MR) is 98.0 cm³/mol. The predicted octanol–water partition coefficient (Wildman–Crippen LogP) is 4.76. The molecule has 3 nitrogen and oxygen atoms in total. The molecule has 0 N–H and O–H groups in total. The minimum atomic E-state index is -0.0181. The van der Waals surface area contributed by atoms with Gasteiger partial charge in [0.15, 0.2) is 5.78 Å². The van der Waals surface area contributed by atoms with Crippen molar-refractivity contribution in [2.75, 3.05) is 13.2 Å². The Kier molecular flexibility index (Phi) is 4.79. The molecule has 1 atom stereocenters. The fraction of sp³-hybridized carbons (Fsp3) is 0.350. The van der Waals surface area contributed by atoms with Gasteiger partial charge in [-0.15, -0.1) is 0 Å². The van der Waals surface area contributed by atoms with Gasteiger partial charge in [-0.3, -0.25) is 4.79 Å². The second-order valence-electron chi connectivity index (χ2n) is 7.04. The maximum atomic E-state index is 12.8. The number of ether oxygens (including phenoxy) is 2. The summed E-state index contributed by atoms with van der Waals surface area (Å²) in [5.41, 5.74) is 2.56. The molecule has 1 fully saturated rings. The van der Waals surface area contributed by atoms with E-state index < -0.39 is 0 Å². The number of carbonyl (C=O) groups is 1. The molecule has 0 spiro atoms. The highest BCUT2D eigenvalue weighted by Gasteiger charge is 2.24. The van der Waals surface area contributed by atoms with Crippen molar-refractivity contribution in [3.63, 3.8) is 0 Å². The molecule has 0 aromatic heterocycles. The molecule has 0 aliphatic carbocycles. The van der Waals surface area contributed by atoms with Gasteiger partial charge < -0.3 is 9.47 Å². The zero-order valence-corrected chi connectivity index (χ0v) is 15.7.